The number of thioether (sulfide) groups is 1. The van der Waals surface area contributed by atoms with Crippen molar-refractivity contribution in [1.82, 2.24) is 5.32 Å². The van der Waals surface area contributed by atoms with E-state index in [4.69, 9.17) is 4.74 Å². The topological polar surface area (TPSA) is 38.3 Å². The van der Waals surface area contributed by atoms with Gasteiger partial charge in [0, 0.05) is 27.6 Å². The van der Waals surface area contributed by atoms with Crippen LogP contribution in [0.2, 0.25) is 0 Å². The fraction of sp³-hybridized carbons (Fsp3) is 0.688. The first kappa shape index (κ1) is 16.8. The fourth-order valence-electron chi connectivity index (χ4n) is 2.89. The number of nitrogens with one attached hydrogen (secondary N) is 1. The molecule has 0 spiro atoms. The molecule has 1 heterocycles. The van der Waals surface area contributed by atoms with Gasteiger partial charge in [0.05, 0.1) is 13.5 Å². The van der Waals surface area contributed by atoms with E-state index in [1.807, 2.05) is 17.8 Å². The van der Waals surface area contributed by atoms with Gasteiger partial charge in [0.1, 0.15) is 0 Å². The molecule has 2 rings (SSSR count). The molecular formula is C16H25NO2S2. The van der Waals surface area contributed by atoms with Gasteiger partial charge in [-0.3, -0.25) is 4.79 Å². The Morgan fingerprint density at radius 2 is 2.05 bits per heavy atom. The molecule has 0 amide bonds. The lowest BCUT2D eigenvalue weighted by Gasteiger charge is -2.36. The minimum Gasteiger partial charge on any atom is -0.469 e. The standard InChI is InChI=1S/C16H25NO2S2/c1-19-15(18)10-13-6-7-14(21-13)11-17-12-16(20-2)8-4-3-5-9-16/h6-7,17H,3-5,8-12H2,1-2H3. The second-order valence-electron chi connectivity index (χ2n) is 5.67. The van der Waals surface area contributed by atoms with Crippen LogP contribution in [0.15, 0.2) is 12.1 Å². The van der Waals surface area contributed by atoms with Crippen LogP contribution in [0.25, 0.3) is 0 Å². The minimum atomic E-state index is -0.167. The van der Waals surface area contributed by atoms with Crippen LogP contribution in [-0.2, 0) is 22.5 Å². The van der Waals surface area contributed by atoms with Crippen molar-refractivity contribution < 1.29 is 9.53 Å². The second-order valence-corrected chi connectivity index (χ2v) is 8.20. The van der Waals surface area contributed by atoms with E-state index in [2.05, 4.69) is 17.6 Å². The zero-order valence-electron chi connectivity index (χ0n) is 12.9. The van der Waals surface area contributed by atoms with E-state index in [-0.39, 0.29) is 5.97 Å². The fourth-order valence-corrected chi connectivity index (χ4v) is 4.81. The summed E-state index contributed by atoms with van der Waals surface area (Å²) in [5, 5.41) is 3.62. The number of hydrogen-bond donors (Lipinski definition) is 1. The Morgan fingerprint density at radius 1 is 1.33 bits per heavy atom. The maximum Gasteiger partial charge on any atom is 0.310 e. The van der Waals surface area contributed by atoms with Crippen LogP contribution in [-0.4, -0.2) is 30.6 Å². The number of esters is 1. The quantitative estimate of drug-likeness (QED) is 0.776. The summed E-state index contributed by atoms with van der Waals surface area (Å²) in [6.45, 7) is 1.98. The summed E-state index contributed by atoms with van der Waals surface area (Å²) in [5.41, 5.74) is 0. The van der Waals surface area contributed by atoms with Gasteiger partial charge in [-0.05, 0) is 31.2 Å². The molecule has 0 bridgehead atoms. The van der Waals surface area contributed by atoms with Gasteiger partial charge in [-0.2, -0.15) is 11.8 Å². The number of carbonyl (C=O) groups excluding carboxylic acids is 1. The highest BCUT2D eigenvalue weighted by molar-refractivity contribution is 8.00. The number of carbonyl (C=O) groups is 1. The maximum atomic E-state index is 11.3. The number of rotatable bonds is 7. The van der Waals surface area contributed by atoms with Crippen molar-refractivity contribution in [2.75, 3.05) is 19.9 Å². The second kappa shape index (κ2) is 8.20. The number of ether oxygens (including phenoxy) is 1. The third kappa shape index (κ3) is 5.01. The molecule has 5 heteroatoms. The van der Waals surface area contributed by atoms with Gasteiger partial charge >= 0.3 is 5.97 Å². The average molecular weight is 328 g/mol. The van der Waals surface area contributed by atoms with Gasteiger partial charge in [0.15, 0.2) is 0 Å². The first-order valence-electron chi connectivity index (χ1n) is 7.58. The van der Waals surface area contributed by atoms with E-state index in [1.165, 1.54) is 44.1 Å². The molecule has 1 N–H and O–H groups in total. The Kier molecular flexibility index (Phi) is 6.58. The molecule has 0 unspecified atom stereocenters. The van der Waals surface area contributed by atoms with Gasteiger partial charge < -0.3 is 10.1 Å². The average Bonchev–Trinajstić information content (AvgIpc) is 2.95. The van der Waals surface area contributed by atoms with Crippen molar-refractivity contribution in [3.63, 3.8) is 0 Å². The lowest BCUT2D eigenvalue weighted by molar-refractivity contribution is -0.139. The monoisotopic (exact) mass is 327 g/mol. The number of hydrogen-bond acceptors (Lipinski definition) is 5. The molecule has 1 aromatic rings. The van der Waals surface area contributed by atoms with Crippen molar-refractivity contribution in [2.45, 2.75) is 49.8 Å². The lowest BCUT2D eigenvalue weighted by atomic mass is 9.88. The molecule has 0 atom stereocenters. The highest BCUT2D eigenvalue weighted by Crippen LogP contribution is 2.38. The molecule has 1 aliphatic carbocycles. The summed E-state index contributed by atoms with van der Waals surface area (Å²) >= 11 is 3.72. The molecule has 1 saturated carbocycles. The zero-order valence-corrected chi connectivity index (χ0v) is 14.6. The molecule has 1 aromatic heterocycles. The van der Waals surface area contributed by atoms with Gasteiger partial charge in [-0.25, -0.2) is 0 Å². The smallest absolute Gasteiger partial charge is 0.310 e. The van der Waals surface area contributed by atoms with Crippen LogP contribution in [0.5, 0.6) is 0 Å². The summed E-state index contributed by atoms with van der Waals surface area (Å²) in [6, 6.07) is 4.14. The van der Waals surface area contributed by atoms with E-state index < -0.39 is 0 Å². The van der Waals surface area contributed by atoms with Crippen LogP contribution in [0, 0.1) is 0 Å². The third-order valence-electron chi connectivity index (χ3n) is 4.21. The first-order valence-corrected chi connectivity index (χ1v) is 9.62. The van der Waals surface area contributed by atoms with Crippen LogP contribution >= 0.6 is 23.1 Å². The van der Waals surface area contributed by atoms with E-state index in [1.54, 1.807) is 11.3 Å². The predicted molar refractivity (Wildman–Crippen MR) is 91.1 cm³/mol. The van der Waals surface area contributed by atoms with Gasteiger partial charge in [0.25, 0.3) is 0 Å². The normalized spacial score (nSPS) is 17.6. The van der Waals surface area contributed by atoms with E-state index in [0.717, 1.165) is 18.0 Å². The molecule has 118 valence electrons. The predicted octanol–water partition coefficient (Wildman–Crippen LogP) is 3.62. The Hall–Kier alpha value is -0.520. The molecular weight excluding hydrogens is 302 g/mol. The summed E-state index contributed by atoms with van der Waals surface area (Å²) in [7, 11) is 1.43. The lowest BCUT2D eigenvalue weighted by Crippen LogP contribution is -2.38. The van der Waals surface area contributed by atoms with E-state index >= 15 is 0 Å². The number of methoxy groups -OCH3 is 1. The first-order chi connectivity index (χ1) is 10.2. The van der Waals surface area contributed by atoms with Crippen molar-refractivity contribution in [1.29, 1.82) is 0 Å². The van der Waals surface area contributed by atoms with Crippen molar-refractivity contribution in [2.24, 2.45) is 0 Å². The minimum absolute atomic E-state index is 0.167. The van der Waals surface area contributed by atoms with Gasteiger partial charge in [0.2, 0.25) is 0 Å². The van der Waals surface area contributed by atoms with Crippen molar-refractivity contribution in [3.8, 4) is 0 Å². The van der Waals surface area contributed by atoms with Crippen LogP contribution in [0.1, 0.15) is 41.9 Å². The molecule has 1 aliphatic rings. The van der Waals surface area contributed by atoms with Crippen molar-refractivity contribution >= 4 is 29.1 Å². The molecule has 0 saturated heterocycles. The van der Waals surface area contributed by atoms with Crippen LogP contribution in [0.3, 0.4) is 0 Å². The van der Waals surface area contributed by atoms with E-state index in [0.29, 0.717) is 11.2 Å². The Balaban J connectivity index is 1.79. The summed E-state index contributed by atoms with van der Waals surface area (Å²) < 4.78 is 5.14. The molecule has 1 fully saturated rings. The van der Waals surface area contributed by atoms with Crippen LogP contribution in [0.4, 0.5) is 0 Å². The Bertz CT molecular complexity index is 453. The highest BCUT2D eigenvalue weighted by atomic mass is 32.2. The molecule has 3 nitrogen and oxygen atoms in total. The summed E-state index contributed by atoms with van der Waals surface area (Å²) in [6.07, 6.45) is 9.42. The zero-order chi connectivity index (χ0) is 15.1. The maximum absolute atomic E-state index is 11.3. The largest absolute Gasteiger partial charge is 0.469 e. The SMILES string of the molecule is COC(=O)Cc1ccc(CNCC2(SC)CCCCC2)s1. The summed E-state index contributed by atoms with van der Waals surface area (Å²) in [4.78, 5) is 13.6. The molecule has 0 aromatic carbocycles. The number of thiophene rings is 1. The Labute approximate surface area is 135 Å². The molecule has 0 aliphatic heterocycles. The third-order valence-corrected chi connectivity index (χ3v) is 6.71. The van der Waals surface area contributed by atoms with E-state index in [9.17, 15) is 4.79 Å². The highest BCUT2D eigenvalue weighted by Gasteiger charge is 2.30. The Morgan fingerprint density at radius 3 is 2.71 bits per heavy atom. The van der Waals surface area contributed by atoms with Crippen LogP contribution < -0.4 is 5.32 Å². The van der Waals surface area contributed by atoms with Gasteiger partial charge in [-0.15, -0.1) is 11.3 Å². The molecule has 21 heavy (non-hydrogen) atoms. The van der Waals surface area contributed by atoms with Gasteiger partial charge in [-0.1, -0.05) is 19.3 Å². The summed E-state index contributed by atoms with van der Waals surface area (Å²) in [5.74, 6) is -0.167. The molecule has 0 radical (unpaired) electrons. The van der Waals surface area contributed by atoms with Crippen molar-refractivity contribution in [3.05, 3.63) is 21.9 Å².